The molecular formula is C18H20FN3OS. The van der Waals surface area contributed by atoms with E-state index in [1.54, 1.807) is 29.5 Å². The van der Waals surface area contributed by atoms with Crippen LogP contribution in [0.2, 0.25) is 0 Å². The summed E-state index contributed by atoms with van der Waals surface area (Å²) in [6.45, 7) is 5.87. The van der Waals surface area contributed by atoms with Crippen LogP contribution < -0.4 is 0 Å². The van der Waals surface area contributed by atoms with Crippen LogP contribution in [0, 0.1) is 5.82 Å². The summed E-state index contributed by atoms with van der Waals surface area (Å²) in [4.78, 5) is 20.9. The maximum Gasteiger partial charge on any atom is 0.246 e. The number of carbonyl (C=O) groups is 1. The molecule has 0 unspecified atom stereocenters. The van der Waals surface area contributed by atoms with Gasteiger partial charge in [-0.05, 0) is 30.2 Å². The van der Waals surface area contributed by atoms with Crippen molar-refractivity contribution in [1.82, 2.24) is 14.8 Å². The second kappa shape index (κ2) is 7.68. The zero-order chi connectivity index (χ0) is 16.9. The van der Waals surface area contributed by atoms with Crippen LogP contribution in [0.15, 0.2) is 41.2 Å². The fourth-order valence-electron chi connectivity index (χ4n) is 2.74. The van der Waals surface area contributed by atoms with Crippen LogP contribution in [-0.4, -0.2) is 46.9 Å². The van der Waals surface area contributed by atoms with E-state index in [9.17, 15) is 9.18 Å². The predicted octanol–water partition coefficient (Wildman–Crippen LogP) is 3.03. The second-order valence-corrected chi connectivity index (χ2v) is 6.63. The van der Waals surface area contributed by atoms with Gasteiger partial charge in [-0.15, -0.1) is 11.3 Å². The molecule has 0 bridgehead atoms. The van der Waals surface area contributed by atoms with Crippen molar-refractivity contribution in [2.24, 2.45) is 0 Å². The van der Waals surface area contributed by atoms with E-state index >= 15 is 0 Å². The third-order valence-electron chi connectivity index (χ3n) is 4.19. The molecule has 24 heavy (non-hydrogen) atoms. The van der Waals surface area contributed by atoms with Gasteiger partial charge in [0.05, 0.1) is 11.2 Å². The van der Waals surface area contributed by atoms with E-state index in [-0.39, 0.29) is 11.7 Å². The van der Waals surface area contributed by atoms with Gasteiger partial charge in [-0.2, -0.15) is 0 Å². The molecule has 0 atom stereocenters. The first kappa shape index (κ1) is 16.8. The molecule has 1 aromatic heterocycles. The number of nitrogens with zero attached hydrogens (tertiary/aromatic N) is 3. The van der Waals surface area contributed by atoms with Gasteiger partial charge >= 0.3 is 0 Å². The molecule has 0 saturated carbocycles. The first-order chi connectivity index (χ1) is 11.6. The highest BCUT2D eigenvalue weighted by Gasteiger charge is 2.20. The number of carbonyl (C=O) groups excluding carboxylic acids is 1. The molecule has 0 spiro atoms. The lowest BCUT2D eigenvalue weighted by atomic mass is 10.1. The molecule has 2 aromatic rings. The van der Waals surface area contributed by atoms with Crippen LogP contribution in [0.3, 0.4) is 0 Å². The number of hydrogen-bond acceptors (Lipinski definition) is 4. The largest absolute Gasteiger partial charge is 0.337 e. The summed E-state index contributed by atoms with van der Waals surface area (Å²) in [7, 11) is 0. The Balaban J connectivity index is 1.54. The van der Waals surface area contributed by atoms with Crippen molar-refractivity contribution < 1.29 is 9.18 Å². The van der Waals surface area contributed by atoms with Gasteiger partial charge < -0.3 is 4.90 Å². The van der Waals surface area contributed by atoms with Crippen molar-refractivity contribution in [3.63, 3.8) is 0 Å². The maximum absolute atomic E-state index is 13.0. The van der Waals surface area contributed by atoms with Crippen LogP contribution in [0.4, 0.5) is 4.39 Å². The molecule has 6 heteroatoms. The quantitative estimate of drug-likeness (QED) is 0.799. The van der Waals surface area contributed by atoms with Crippen LogP contribution >= 0.6 is 11.3 Å². The molecule has 1 fully saturated rings. The van der Waals surface area contributed by atoms with Crippen molar-refractivity contribution in [3.05, 3.63) is 58.3 Å². The minimum absolute atomic E-state index is 0.0186. The van der Waals surface area contributed by atoms with Crippen molar-refractivity contribution in [2.75, 3.05) is 26.2 Å². The number of rotatable bonds is 4. The number of halogens is 1. The van der Waals surface area contributed by atoms with Crippen LogP contribution in [0.1, 0.15) is 18.2 Å². The van der Waals surface area contributed by atoms with Gasteiger partial charge in [0.1, 0.15) is 5.82 Å². The summed E-state index contributed by atoms with van der Waals surface area (Å²) in [5.74, 6) is -0.251. The monoisotopic (exact) mass is 345 g/mol. The fraction of sp³-hybridized carbons (Fsp3) is 0.333. The molecule has 0 radical (unpaired) electrons. The topological polar surface area (TPSA) is 36.4 Å². The van der Waals surface area contributed by atoms with E-state index < -0.39 is 0 Å². The SMILES string of the molecule is C/C(=C/C(=O)N1CCN(Cc2cscn2)CC1)c1ccc(F)cc1. The lowest BCUT2D eigenvalue weighted by molar-refractivity contribution is -0.127. The minimum Gasteiger partial charge on any atom is -0.337 e. The Kier molecular flexibility index (Phi) is 5.37. The molecular weight excluding hydrogens is 325 g/mol. The summed E-state index contributed by atoms with van der Waals surface area (Å²) in [6.07, 6.45) is 1.64. The normalized spacial score (nSPS) is 16.4. The van der Waals surface area contributed by atoms with E-state index in [1.807, 2.05) is 17.3 Å². The lowest BCUT2D eigenvalue weighted by Crippen LogP contribution is -2.47. The highest BCUT2D eigenvalue weighted by molar-refractivity contribution is 7.07. The highest BCUT2D eigenvalue weighted by atomic mass is 32.1. The highest BCUT2D eigenvalue weighted by Crippen LogP contribution is 2.15. The molecule has 1 aliphatic heterocycles. The summed E-state index contributed by atoms with van der Waals surface area (Å²) in [5, 5.41) is 2.06. The third-order valence-corrected chi connectivity index (χ3v) is 4.83. The van der Waals surface area contributed by atoms with Gasteiger partial charge in [0.25, 0.3) is 0 Å². The number of piperazine rings is 1. The molecule has 1 aliphatic rings. The summed E-state index contributed by atoms with van der Waals surface area (Å²) in [5.41, 5.74) is 4.65. The van der Waals surface area contributed by atoms with Crippen LogP contribution in [0.5, 0.6) is 0 Å². The van der Waals surface area contributed by atoms with E-state index in [2.05, 4.69) is 15.3 Å². The average Bonchev–Trinajstić information content (AvgIpc) is 3.09. The molecule has 126 valence electrons. The Hall–Kier alpha value is -2.05. The molecule has 3 rings (SSSR count). The van der Waals surface area contributed by atoms with Gasteiger partial charge in [0, 0.05) is 44.2 Å². The zero-order valence-corrected chi connectivity index (χ0v) is 14.4. The average molecular weight is 345 g/mol. The Labute approximate surface area is 145 Å². The molecule has 0 aliphatic carbocycles. The van der Waals surface area contributed by atoms with Gasteiger partial charge in [-0.3, -0.25) is 9.69 Å². The van der Waals surface area contributed by atoms with Gasteiger partial charge in [-0.1, -0.05) is 12.1 Å². The molecule has 1 saturated heterocycles. The number of aromatic nitrogens is 1. The Bertz CT molecular complexity index is 704. The number of hydrogen-bond donors (Lipinski definition) is 0. The van der Waals surface area contributed by atoms with Crippen molar-refractivity contribution in [3.8, 4) is 0 Å². The lowest BCUT2D eigenvalue weighted by Gasteiger charge is -2.33. The number of benzene rings is 1. The predicted molar refractivity (Wildman–Crippen MR) is 94.0 cm³/mol. The molecule has 4 nitrogen and oxygen atoms in total. The van der Waals surface area contributed by atoms with Gasteiger partial charge in [-0.25, -0.2) is 9.37 Å². The van der Waals surface area contributed by atoms with Gasteiger partial charge in [0.2, 0.25) is 5.91 Å². The maximum atomic E-state index is 13.0. The first-order valence-corrected chi connectivity index (χ1v) is 8.88. The van der Waals surface area contributed by atoms with E-state index in [4.69, 9.17) is 0 Å². The molecule has 1 amide bonds. The smallest absolute Gasteiger partial charge is 0.246 e. The summed E-state index contributed by atoms with van der Waals surface area (Å²) >= 11 is 1.61. The first-order valence-electron chi connectivity index (χ1n) is 7.94. The minimum atomic E-state index is -0.269. The van der Waals surface area contributed by atoms with Crippen molar-refractivity contribution in [2.45, 2.75) is 13.5 Å². The number of amides is 1. The Morgan fingerprint density at radius 1 is 1.25 bits per heavy atom. The summed E-state index contributed by atoms with van der Waals surface area (Å²) < 4.78 is 13.0. The fourth-order valence-corrected chi connectivity index (χ4v) is 3.29. The van der Waals surface area contributed by atoms with E-state index in [0.717, 1.165) is 49.6 Å². The Morgan fingerprint density at radius 2 is 1.96 bits per heavy atom. The van der Waals surface area contributed by atoms with Crippen LogP contribution in [0.25, 0.3) is 5.57 Å². The van der Waals surface area contributed by atoms with Gasteiger partial charge in [0.15, 0.2) is 0 Å². The molecule has 1 aromatic carbocycles. The summed E-state index contributed by atoms with van der Waals surface area (Å²) in [6, 6.07) is 6.21. The Morgan fingerprint density at radius 3 is 2.58 bits per heavy atom. The van der Waals surface area contributed by atoms with Crippen molar-refractivity contribution >= 4 is 22.8 Å². The standard InChI is InChI=1S/C18H20FN3OS/c1-14(15-2-4-16(19)5-3-15)10-18(23)22-8-6-21(7-9-22)11-17-12-24-13-20-17/h2-5,10,12-13H,6-9,11H2,1H3/b14-10-. The van der Waals surface area contributed by atoms with Crippen molar-refractivity contribution in [1.29, 1.82) is 0 Å². The third kappa shape index (κ3) is 4.27. The van der Waals surface area contributed by atoms with E-state index in [0.29, 0.717) is 0 Å². The molecule has 0 N–H and O–H groups in total. The van der Waals surface area contributed by atoms with E-state index in [1.165, 1.54) is 12.1 Å². The van der Waals surface area contributed by atoms with Crippen LogP contribution in [-0.2, 0) is 11.3 Å². The second-order valence-electron chi connectivity index (χ2n) is 5.92. The number of allylic oxidation sites excluding steroid dienone is 1. The number of thiazole rings is 1. The molecule has 2 heterocycles. The zero-order valence-electron chi connectivity index (χ0n) is 13.6.